The maximum atomic E-state index is 5.78. The Bertz CT molecular complexity index is 375. The average molecular weight is 235 g/mol. The molecule has 4 heteroatoms. The molecule has 1 saturated heterocycles. The van der Waals surface area contributed by atoms with Crippen LogP contribution in [0.5, 0.6) is 0 Å². The predicted molar refractivity (Wildman–Crippen MR) is 70.2 cm³/mol. The van der Waals surface area contributed by atoms with E-state index < -0.39 is 0 Å². The van der Waals surface area contributed by atoms with Gasteiger partial charge in [-0.1, -0.05) is 0 Å². The normalized spacial score (nSPS) is 17.1. The Hall–Kier alpha value is -1.29. The third-order valence-corrected chi connectivity index (χ3v) is 3.40. The summed E-state index contributed by atoms with van der Waals surface area (Å²) in [7, 11) is 2.09. The number of rotatable bonds is 3. The van der Waals surface area contributed by atoms with Crippen LogP contribution in [-0.2, 0) is 4.74 Å². The second kappa shape index (κ2) is 5.36. The Morgan fingerprint density at radius 1 is 1.47 bits per heavy atom. The van der Waals surface area contributed by atoms with Crippen molar-refractivity contribution in [2.24, 2.45) is 5.92 Å². The van der Waals surface area contributed by atoms with E-state index >= 15 is 0 Å². The maximum absolute atomic E-state index is 5.78. The largest absolute Gasteiger partial charge is 0.397 e. The van der Waals surface area contributed by atoms with Crippen molar-refractivity contribution in [1.29, 1.82) is 0 Å². The number of anilines is 2. The van der Waals surface area contributed by atoms with Gasteiger partial charge < -0.3 is 15.4 Å². The Kier molecular flexibility index (Phi) is 3.84. The van der Waals surface area contributed by atoms with E-state index in [1.807, 2.05) is 6.92 Å². The Morgan fingerprint density at radius 2 is 2.18 bits per heavy atom. The SMILES string of the molecule is Cc1cc(N(C)CC2CCOCC2)ncc1N. The van der Waals surface area contributed by atoms with Gasteiger partial charge >= 0.3 is 0 Å². The summed E-state index contributed by atoms with van der Waals surface area (Å²) in [5.41, 5.74) is 7.62. The average Bonchev–Trinajstić information content (AvgIpc) is 2.34. The molecule has 0 amide bonds. The monoisotopic (exact) mass is 235 g/mol. The molecule has 17 heavy (non-hydrogen) atoms. The van der Waals surface area contributed by atoms with Crippen LogP contribution in [-0.4, -0.2) is 31.8 Å². The molecule has 94 valence electrons. The minimum atomic E-state index is 0.716. The van der Waals surface area contributed by atoms with E-state index in [4.69, 9.17) is 10.5 Å². The summed E-state index contributed by atoms with van der Waals surface area (Å²) in [6.45, 7) is 4.85. The van der Waals surface area contributed by atoms with Crippen molar-refractivity contribution < 1.29 is 4.74 Å². The summed E-state index contributed by atoms with van der Waals surface area (Å²) >= 11 is 0. The van der Waals surface area contributed by atoms with Gasteiger partial charge in [-0.25, -0.2) is 4.98 Å². The molecule has 0 atom stereocenters. The Balaban J connectivity index is 1.98. The zero-order valence-corrected chi connectivity index (χ0v) is 10.6. The minimum Gasteiger partial charge on any atom is -0.397 e. The van der Waals surface area contributed by atoms with E-state index in [1.54, 1.807) is 6.20 Å². The lowest BCUT2D eigenvalue weighted by atomic mass is 10.00. The van der Waals surface area contributed by atoms with Crippen molar-refractivity contribution in [3.05, 3.63) is 17.8 Å². The number of ether oxygens (including phenoxy) is 1. The first kappa shape index (κ1) is 12.2. The van der Waals surface area contributed by atoms with Crippen LogP contribution in [0.15, 0.2) is 12.3 Å². The van der Waals surface area contributed by atoms with E-state index in [1.165, 1.54) is 0 Å². The number of nitrogens with two attached hydrogens (primary N) is 1. The highest BCUT2D eigenvalue weighted by Gasteiger charge is 2.16. The van der Waals surface area contributed by atoms with Gasteiger partial charge in [0.25, 0.3) is 0 Å². The maximum Gasteiger partial charge on any atom is 0.128 e. The van der Waals surface area contributed by atoms with Gasteiger partial charge in [-0.05, 0) is 37.3 Å². The molecular weight excluding hydrogens is 214 g/mol. The molecule has 1 aromatic heterocycles. The summed E-state index contributed by atoms with van der Waals surface area (Å²) < 4.78 is 5.37. The van der Waals surface area contributed by atoms with Gasteiger partial charge in [0.2, 0.25) is 0 Å². The number of nitrogen functional groups attached to an aromatic ring is 1. The van der Waals surface area contributed by atoms with Crippen molar-refractivity contribution in [1.82, 2.24) is 4.98 Å². The quantitative estimate of drug-likeness (QED) is 0.868. The second-order valence-electron chi connectivity index (χ2n) is 4.84. The van der Waals surface area contributed by atoms with E-state index in [2.05, 4.69) is 23.0 Å². The van der Waals surface area contributed by atoms with Crippen LogP contribution in [0, 0.1) is 12.8 Å². The Morgan fingerprint density at radius 3 is 2.82 bits per heavy atom. The fourth-order valence-electron chi connectivity index (χ4n) is 2.17. The molecule has 1 aliphatic rings. The van der Waals surface area contributed by atoms with Gasteiger partial charge in [0.15, 0.2) is 0 Å². The van der Waals surface area contributed by atoms with Gasteiger partial charge in [-0.2, -0.15) is 0 Å². The number of nitrogens with zero attached hydrogens (tertiary/aromatic N) is 2. The highest BCUT2D eigenvalue weighted by Crippen LogP contribution is 2.20. The van der Waals surface area contributed by atoms with Crippen molar-refractivity contribution in [3.8, 4) is 0 Å². The third-order valence-electron chi connectivity index (χ3n) is 3.40. The molecule has 4 nitrogen and oxygen atoms in total. The van der Waals surface area contributed by atoms with Crippen LogP contribution in [0.2, 0.25) is 0 Å². The molecule has 2 N–H and O–H groups in total. The number of pyridine rings is 1. The second-order valence-corrected chi connectivity index (χ2v) is 4.84. The summed E-state index contributed by atoms with van der Waals surface area (Å²) in [5.74, 6) is 1.72. The summed E-state index contributed by atoms with van der Waals surface area (Å²) in [4.78, 5) is 6.58. The first-order valence-electron chi connectivity index (χ1n) is 6.18. The molecule has 1 fully saturated rings. The number of aryl methyl sites for hydroxylation is 1. The fourth-order valence-corrected chi connectivity index (χ4v) is 2.17. The van der Waals surface area contributed by atoms with Crippen LogP contribution >= 0.6 is 0 Å². The lowest BCUT2D eigenvalue weighted by molar-refractivity contribution is 0.0685. The zero-order valence-electron chi connectivity index (χ0n) is 10.6. The van der Waals surface area contributed by atoms with E-state index in [9.17, 15) is 0 Å². The number of hydrogen-bond acceptors (Lipinski definition) is 4. The van der Waals surface area contributed by atoms with E-state index in [0.717, 1.165) is 49.7 Å². The van der Waals surface area contributed by atoms with Crippen LogP contribution in [0.1, 0.15) is 18.4 Å². The molecule has 0 saturated carbocycles. The van der Waals surface area contributed by atoms with Crippen molar-refractivity contribution >= 4 is 11.5 Å². The minimum absolute atomic E-state index is 0.716. The van der Waals surface area contributed by atoms with E-state index in [0.29, 0.717) is 5.92 Å². The summed E-state index contributed by atoms with van der Waals surface area (Å²) in [6, 6.07) is 2.05. The molecule has 0 spiro atoms. The smallest absolute Gasteiger partial charge is 0.128 e. The summed E-state index contributed by atoms with van der Waals surface area (Å²) in [5, 5.41) is 0. The van der Waals surface area contributed by atoms with Gasteiger partial charge in [0, 0.05) is 26.8 Å². The van der Waals surface area contributed by atoms with E-state index in [-0.39, 0.29) is 0 Å². The van der Waals surface area contributed by atoms with Crippen LogP contribution in [0.4, 0.5) is 11.5 Å². The number of hydrogen-bond donors (Lipinski definition) is 1. The van der Waals surface area contributed by atoms with Crippen LogP contribution < -0.4 is 10.6 Å². The molecule has 1 aromatic rings. The van der Waals surface area contributed by atoms with Gasteiger partial charge in [0.05, 0.1) is 11.9 Å². The van der Waals surface area contributed by atoms with Crippen molar-refractivity contribution in [3.63, 3.8) is 0 Å². The standard InChI is InChI=1S/C13H21N3O/c1-10-7-13(15-8-12(10)14)16(2)9-11-3-5-17-6-4-11/h7-8,11H,3-6,9,14H2,1-2H3. The Labute approximate surface area is 103 Å². The summed E-state index contributed by atoms with van der Waals surface area (Å²) in [6.07, 6.45) is 4.04. The highest BCUT2D eigenvalue weighted by molar-refractivity contribution is 5.51. The molecular formula is C13H21N3O. The molecule has 1 aliphatic heterocycles. The zero-order chi connectivity index (χ0) is 12.3. The van der Waals surface area contributed by atoms with Crippen molar-refractivity contribution in [2.75, 3.05) is 37.4 Å². The van der Waals surface area contributed by atoms with Gasteiger partial charge in [-0.3, -0.25) is 0 Å². The lowest BCUT2D eigenvalue weighted by Gasteiger charge is -2.28. The first-order valence-corrected chi connectivity index (χ1v) is 6.18. The molecule has 0 aromatic carbocycles. The molecule has 2 heterocycles. The topological polar surface area (TPSA) is 51.4 Å². The van der Waals surface area contributed by atoms with Crippen molar-refractivity contribution in [2.45, 2.75) is 19.8 Å². The molecule has 0 radical (unpaired) electrons. The fraction of sp³-hybridized carbons (Fsp3) is 0.615. The molecule has 0 unspecified atom stereocenters. The molecule has 2 rings (SSSR count). The van der Waals surface area contributed by atoms with Gasteiger partial charge in [0.1, 0.15) is 5.82 Å². The first-order chi connectivity index (χ1) is 8.16. The van der Waals surface area contributed by atoms with Gasteiger partial charge in [-0.15, -0.1) is 0 Å². The molecule has 0 aliphatic carbocycles. The van der Waals surface area contributed by atoms with Crippen LogP contribution in [0.25, 0.3) is 0 Å². The molecule has 0 bridgehead atoms. The highest BCUT2D eigenvalue weighted by atomic mass is 16.5. The lowest BCUT2D eigenvalue weighted by Crippen LogP contribution is -2.30. The number of aromatic nitrogens is 1. The third kappa shape index (κ3) is 3.09. The van der Waals surface area contributed by atoms with Crippen LogP contribution in [0.3, 0.4) is 0 Å². The predicted octanol–water partition coefficient (Wildman–Crippen LogP) is 1.84.